The maximum atomic E-state index is 12.9. The fraction of sp³-hybridized carbons (Fsp3) is 0.174. The molecule has 30 heavy (non-hydrogen) atoms. The molecule has 3 aromatic rings. The molecule has 156 valence electrons. The molecule has 0 spiro atoms. The predicted molar refractivity (Wildman–Crippen MR) is 121 cm³/mol. The Labute approximate surface area is 182 Å². The van der Waals surface area contributed by atoms with Gasteiger partial charge >= 0.3 is 0 Å². The van der Waals surface area contributed by atoms with Crippen molar-refractivity contribution in [2.24, 2.45) is 0 Å². The van der Waals surface area contributed by atoms with E-state index in [1.165, 1.54) is 31.3 Å². The average Bonchev–Trinajstić information content (AvgIpc) is 2.73. The first kappa shape index (κ1) is 21.9. The summed E-state index contributed by atoms with van der Waals surface area (Å²) in [6, 6.07) is 20.2. The smallest absolute Gasteiger partial charge is 0.264 e. The summed E-state index contributed by atoms with van der Waals surface area (Å²) in [6.45, 7) is 3.91. The molecule has 1 N–H and O–H groups in total. The van der Waals surface area contributed by atoms with E-state index in [1.54, 1.807) is 24.3 Å². The Bertz CT molecular complexity index is 1160. The molecule has 0 unspecified atom stereocenters. The first-order chi connectivity index (χ1) is 14.2. The highest BCUT2D eigenvalue weighted by Crippen LogP contribution is 2.24. The van der Waals surface area contributed by atoms with Crippen molar-refractivity contribution >= 4 is 33.2 Å². The molecular weight excluding hydrogens is 420 g/mol. The van der Waals surface area contributed by atoms with E-state index in [4.69, 9.17) is 11.6 Å². The van der Waals surface area contributed by atoms with Gasteiger partial charge in [-0.25, -0.2) is 8.42 Å². The van der Waals surface area contributed by atoms with Gasteiger partial charge in [-0.3, -0.25) is 9.10 Å². The van der Waals surface area contributed by atoms with E-state index in [-0.39, 0.29) is 16.8 Å². The Kier molecular flexibility index (Phi) is 6.48. The number of aryl methyl sites for hydroxylation is 1. The highest BCUT2D eigenvalue weighted by atomic mass is 35.5. The van der Waals surface area contributed by atoms with Crippen LogP contribution in [-0.2, 0) is 10.0 Å². The third-order valence-corrected chi connectivity index (χ3v) is 7.00. The van der Waals surface area contributed by atoms with Crippen LogP contribution in [-0.4, -0.2) is 21.4 Å². The summed E-state index contributed by atoms with van der Waals surface area (Å²) in [4.78, 5) is 12.9. The zero-order valence-electron chi connectivity index (χ0n) is 17.0. The number of amides is 1. The van der Waals surface area contributed by atoms with Crippen LogP contribution in [0.1, 0.15) is 34.5 Å². The molecule has 0 aliphatic heterocycles. The van der Waals surface area contributed by atoms with Gasteiger partial charge in [0.1, 0.15) is 0 Å². The lowest BCUT2D eigenvalue weighted by Crippen LogP contribution is -2.29. The SMILES string of the molecule is Cc1ccccc1[C@H](C)NC(=O)c1cccc(N(C)S(=O)(=O)c2ccc(Cl)cc2)c1. The van der Waals surface area contributed by atoms with Gasteiger partial charge in [0.15, 0.2) is 0 Å². The zero-order chi connectivity index (χ0) is 21.9. The highest BCUT2D eigenvalue weighted by molar-refractivity contribution is 7.92. The number of nitrogens with one attached hydrogen (secondary N) is 1. The number of carbonyl (C=O) groups is 1. The summed E-state index contributed by atoms with van der Waals surface area (Å²) in [5.74, 6) is -0.273. The van der Waals surface area contributed by atoms with Crippen LogP contribution in [0.3, 0.4) is 0 Å². The van der Waals surface area contributed by atoms with E-state index < -0.39 is 10.0 Å². The lowest BCUT2D eigenvalue weighted by molar-refractivity contribution is 0.0940. The fourth-order valence-corrected chi connectivity index (χ4v) is 4.49. The molecule has 0 aromatic heterocycles. The van der Waals surface area contributed by atoms with Gasteiger partial charge in [-0.15, -0.1) is 0 Å². The van der Waals surface area contributed by atoms with E-state index in [0.717, 1.165) is 15.4 Å². The minimum absolute atomic E-state index is 0.123. The van der Waals surface area contributed by atoms with Crippen molar-refractivity contribution in [3.8, 4) is 0 Å². The van der Waals surface area contributed by atoms with Gasteiger partial charge in [0, 0.05) is 17.6 Å². The summed E-state index contributed by atoms with van der Waals surface area (Å²) in [5.41, 5.74) is 2.89. The first-order valence-electron chi connectivity index (χ1n) is 9.41. The third-order valence-electron chi connectivity index (χ3n) is 4.95. The fourth-order valence-electron chi connectivity index (χ4n) is 3.18. The number of nitrogens with zero attached hydrogens (tertiary/aromatic N) is 1. The number of hydrogen-bond donors (Lipinski definition) is 1. The number of carbonyl (C=O) groups excluding carboxylic acids is 1. The van der Waals surface area contributed by atoms with Gasteiger partial charge in [0.2, 0.25) is 0 Å². The molecule has 0 heterocycles. The number of anilines is 1. The lowest BCUT2D eigenvalue weighted by Gasteiger charge is -2.21. The van der Waals surface area contributed by atoms with Crippen LogP contribution in [0.5, 0.6) is 0 Å². The van der Waals surface area contributed by atoms with Crippen molar-refractivity contribution in [2.75, 3.05) is 11.4 Å². The third kappa shape index (κ3) is 4.66. The molecule has 3 aromatic carbocycles. The first-order valence-corrected chi connectivity index (χ1v) is 11.2. The number of halogens is 1. The lowest BCUT2D eigenvalue weighted by atomic mass is 10.0. The molecule has 1 atom stereocenters. The second-order valence-corrected chi connectivity index (χ2v) is 9.43. The Morgan fingerprint density at radius 1 is 1.00 bits per heavy atom. The molecule has 0 radical (unpaired) electrons. The maximum absolute atomic E-state index is 12.9. The van der Waals surface area contributed by atoms with Crippen molar-refractivity contribution in [3.05, 3.63) is 94.5 Å². The van der Waals surface area contributed by atoms with E-state index >= 15 is 0 Å². The van der Waals surface area contributed by atoms with Crippen LogP contribution in [0.15, 0.2) is 77.7 Å². The Morgan fingerprint density at radius 3 is 2.33 bits per heavy atom. The Morgan fingerprint density at radius 2 is 1.67 bits per heavy atom. The van der Waals surface area contributed by atoms with Crippen molar-refractivity contribution in [1.29, 1.82) is 0 Å². The Balaban J connectivity index is 1.82. The van der Waals surface area contributed by atoms with Gasteiger partial charge in [0.25, 0.3) is 15.9 Å². The van der Waals surface area contributed by atoms with Crippen molar-refractivity contribution in [1.82, 2.24) is 5.32 Å². The minimum Gasteiger partial charge on any atom is -0.346 e. The molecule has 0 aliphatic rings. The van der Waals surface area contributed by atoms with Crippen LogP contribution >= 0.6 is 11.6 Å². The standard InChI is InChI=1S/C23H23ClN2O3S/c1-16-7-4-5-10-22(16)17(2)25-23(27)18-8-6-9-20(15-18)26(3)30(28,29)21-13-11-19(24)12-14-21/h4-15,17H,1-3H3,(H,25,27)/t17-/m0/s1. The summed E-state index contributed by atoms with van der Waals surface area (Å²) < 4.78 is 27.0. The van der Waals surface area contributed by atoms with Crippen LogP contribution in [0, 0.1) is 6.92 Å². The van der Waals surface area contributed by atoms with E-state index in [0.29, 0.717) is 16.3 Å². The van der Waals surface area contributed by atoms with Crippen molar-refractivity contribution < 1.29 is 13.2 Å². The molecule has 5 nitrogen and oxygen atoms in total. The number of benzene rings is 3. The molecule has 3 rings (SSSR count). The Hall–Kier alpha value is -2.83. The average molecular weight is 443 g/mol. The van der Waals surface area contributed by atoms with Gasteiger partial charge in [-0.1, -0.05) is 41.9 Å². The van der Waals surface area contributed by atoms with Crippen molar-refractivity contribution in [3.63, 3.8) is 0 Å². The van der Waals surface area contributed by atoms with E-state index in [9.17, 15) is 13.2 Å². The van der Waals surface area contributed by atoms with Gasteiger partial charge in [-0.05, 0) is 67.4 Å². The molecule has 7 heteroatoms. The quantitative estimate of drug-likeness (QED) is 0.586. The van der Waals surface area contributed by atoms with Gasteiger partial charge in [0.05, 0.1) is 16.6 Å². The van der Waals surface area contributed by atoms with E-state index in [1.807, 2.05) is 38.1 Å². The largest absolute Gasteiger partial charge is 0.346 e. The molecular formula is C23H23ClN2O3S. The topological polar surface area (TPSA) is 66.5 Å². The summed E-state index contributed by atoms with van der Waals surface area (Å²) in [6.07, 6.45) is 0. The van der Waals surface area contributed by atoms with Crippen molar-refractivity contribution in [2.45, 2.75) is 24.8 Å². The second-order valence-electron chi connectivity index (χ2n) is 7.03. The molecule has 0 bridgehead atoms. The predicted octanol–water partition coefficient (Wildman–Crippen LogP) is 4.96. The molecule has 0 fully saturated rings. The maximum Gasteiger partial charge on any atom is 0.264 e. The minimum atomic E-state index is -3.78. The second kappa shape index (κ2) is 8.90. The number of sulfonamides is 1. The molecule has 0 saturated heterocycles. The van der Waals surface area contributed by atoms with Crippen LogP contribution in [0.25, 0.3) is 0 Å². The monoisotopic (exact) mass is 442 g/mol. The molecule has 0 saturated carbocycles. The number of hydrogen-bond acceptors (Lipinski definition) is 3. The summed E-state index contributed by atoms with van der Waals surface area (Å²) in [5, 5.41) is 3.43. The van der Waals surface area contributed by atoms with Gasteiger partial charge < -0.3 is 5.32 Å². The van der Waals surface area contributed by atoms with Crippen LogP contribution in [0.4, 0.5) is 5.69 Å². The van der Waals surface area contributed by atoms with Crippen LogP contribution in [0.2, 0.25) is 5.02 Å². The van der Waals surface area contributed by atoms with Crippen LogP contribution < -0.4 is 9.62 Å². The van der Waals surface area contributed by atoms with Gasteiger partial charge in [-0.2, -0.15) is 0 Å². The number of rotatable bonds is 6. The normalized spacial score (nSPS) is 12.3. The summed E-state index contributed by atoms with van der Waals surface area (Å²) >= 11 is 5.86. The zero-order valence-corrected chi connectivity index (χ0v) is 18.5. The van der Waals surface area contributed by atoms with E-state index in [2.05, 4.69) is 5.32 Å². The summed E-state index contributed by atoms with van der Waals surface area (Å²) in [7, 11) is -2.32. The molecule has 1 amide bonds. The highest BCUT2D eigenvalue weighted by Gasteiger charge is 2.22. The molecule has 0 aliphatic carbocycles.